The van der Waals surface area contributed by atoms with E-state index in [4.69, 9.17) is 0 Å². The van der Waals surface area contributed by atoms with Gasteiger partial charge in [-0.25, -0.2) is 13.2 Å². The van der Waals surface area contributed by atoms with E-state index in [-0.39, 0.29) is 22.6 Å². The van der Waals surface area contributed by atoms with Gasteiger partial charge in [-0.2, -0.15) is 4.72 Å². The van der Waals surface area contributed by atoms with E-state index >= 15 is 0 Å². The van der Waals surface area contributed by atoms with Gasteiger partial charge in [0, 0.05) is 27.2 Å². The van der Waals surface area contributed by atoms with Crippen molar-refractivity contribution in [3.63, 3.8) is 0 Å². The first-order valence-electron chi connectivity index (χ1n) is 11.6. The highest BCUT2D eigenvalue weighted by atomic mass is 32.2. The van der Waals surface area contributed by atoms with Gasteiger partial charge in [0.05, 0.1) is 15.8 Å². The van der Waals surface area contributed by atoms with E-state index in [1.54, 1.807) is 4.90 Å². The van der Waals surface area contributed by atoms with Gasteiger partial charge in [0.1, 0.15) is 6.04 Å². The number of hydrogen-bond donors (Lipinski definition) is 1. The van der Waals surface area contributed by atoms with Gasteiger partial charge in [-0.1, -0.05) is 37.3 Å². The highest BCUT2D eigenvalue weighted by Crippen LogP contribution is 2.20. The van der Waals surface area contributed by atoms with Crippen molar-refractivity contribution in [1.82, 2.24) is 18.8 Å². The van der Waals surface area contributed by atoms with Crippen LogP contribution < -0.4 is 16.0 Å². The van der Waals surface area contributed by atoms with E-state index in [0.29, 0.717) is 24.5 Å². The van der Waals surface area contributed by atoms with E-state index in [2.05, 4.69) is 11.6 Å². The predicted octanol–water partition coefficient (Wildman–Crippen LogP) is 1.39. The fourth-order valence-corrected chi connectivity index (χ4v) is 5.69. The molecule has 1 saturated heterocycles. The number of sulfonamides is 1. The van der Waals surface area contributed by atoms with Crippen LogP contribution in [0.25, 0.3) is 10.9 Å². The summed E-state index contributed by atoms with van der Waals surface area (Å²) in [5.74, 6) is 0.267. The number of aromatic nitrogens is 2. The molecule has 0 unspecified atom stereocenters. The van der Waals surface area contributed by atoms with Crippen LogP contribution in [0.3, 0.4) is 0 Å². The maximum absolute atomic E-state index is 13.4. The molecule has 1 N–H and O–H groups in total. The Bertz CT molecular complexity index is 1470. The summed E-state index contributed by atoms with van der Waals surface area (Å²) in [7, 11) is -1.29. The molecule has 35 heavy (non-hydrogen) atoms. The van der Waals surface area contributed by atoms with Crippen LogP contribution in [0.5, 0.6) is 0 Å². The first-order valence-corrected chi connectivity index (χ1v) is 13.1. The van der Waals surface area contributed by atoms with Crippen molar-refractivity contribution >= 4 is 26.8 Å². The lowest BCUT2D eigenvalue weighted by Crippen LogP contribution is -2.51. The number of piperidine rings is 1. The maximum atomic E-state index is 13.4. The predicted molar refractivity (Wildman–Crippen MR) is 134 cm³/mol. The fourth-order valence-electron chi connectivity index (χ4n) is 4.48. The number of rotatable bonds is 6. The SMILES string of the molecule is CC1CCN(C(=O)[C@@H](Cc2ccccc2)NS(=O)(=O)c2ccc3c(c2)c(=O)n(C)c(=O)n3C)CC1. The minimum absolute atomic E-state index is 0.105. The summed E-state index contributed by atoms with van der Waals surface area (Å²) < 4.78 is 31.6. The molecule has 0 bridgehead atoms. The Morgan fingerprint density at radius 2 is 1.69 bits per heavy atom. The summed E-state index contributed by atoms with van der Waals surface area (Å²) in [5.41, 5.74) is 0.0813. The van der Waals surface area contributed by atoms with Gasteiger partial charge in [0.25, 0.3) is 5.56 Å². The summed E-state index contributed by atoms with van der Waals surface area (Å²) in [6, 6.07) is 12.3. The molecule has 0 spiro atoms. The number of aryl methyl sites for hydroxylation is 1. The Morgan fingerprint density at radius 1 is 1.03 bits per heavy atom. The number of likely N-dealkylation sites (tertiary alicyclic amines) is 1. The largest absolute Gasteiger partial charge is 0.341 e. The van der Waals surface area contributed by atoms with Crippen LogP contribution in [0.15, 0.2) is 63.0 Å². The molecular formula is C25H30N4O5S. The monoisotopic (exact) mass is 498 g/mol. The van der Waals surface area contributed by atoms with Crippen LogP contribution in [-0.4, -0.2) is 47.5 Å². The molecule has 0 saturated carbocycles. The minimum Gasteiger partial charge on any atom is -0.341 e. The van der Waals surface area contributed by atoms with Crippen molar-refractivity contribution in [2.75, 3.05) is 13.1 Å². The summed E-state index contributed by atoms with van der Waals surface area (Å²) in [6.45, 7) is 3.33. The molecule has 9 nitrogen and oxygen atoms in total. The van der Waals surface area contributed by atoms with Gasteiger partial charge in [0.15, 0.2) is 0 Å². The van der Waals surface area contributed by atoms with E-state index in [9.17, 15) is 22.8 Å². The molecule has 186 valence electrons. The number of carbonyl (C=O) groups is 1. The summed E-state index contributed by atoms with van der Waals surface area (Å²) in [5, 5.41) is 0.105. The highest BCUT2D eigenvalue weighted by Gasteiger charge is 2.31. The molecular weight excluding hydrogens is 468 g/mol. The molecule has 10 heteroatoms. The van der Waals surface area contributed by atoms with Gasteiger partial charge in [-0.15, -0.1) is 0 Å². The second-order valence-corrected chi connectivity index (χ2v) is 11.0. The first kappa shape index (κ1) is 24.9. The molecule has 2 heterocycles. The maximum Gasteiger partial charge on any atom is 0.330 e. The number of carbonyl (C=O) groups excluding carboxylic acids is 1. The lowest BCUT2D eigenvalue weighted by atomic mass is 9.98. The van der Waals surface area contributed by atoms with Gasteiger partial charge in [0.2, 0.25) is 15.9 Å². The number of nitrogens with zero attached hydrogens (tertiary/aromatic N) is 3. The standard InChI is InChI=1S/C25H30N4O5S/c1-17-11-13-29(14-12-17)24(31)21(15-18-7-5-4-6-8-18)26-35(33,34)19-9-10-22-20(16-19)23(30)28(3)25(32)27(22)2/h4-10,16-17,21,26H,11-15H2,1-3H3/t21-/m1/s1. The topological polar surface area (TPSA) is 110 Å². The van der Waals surface area contributed by atoms with E-state index < -0.39 is 27.3 Å². The third kappa shape index (κ3) is 5.08. The Balaban J connectivity index is 1.69. The average Bonchev–Trinajstić information content (AvgIpc) is 2.86. The van der Waals surface area contributed by atoms with Crippen molar-refractivity contribution in [1.29, 1.82) is 0 Å². The molecule has 1 aliphatic heterocycles. The third-order valence-corrected chi connectivity index (χ3v) is 8.19. The molecule has 1 amide bonds. The lowest BCUT2D eigenvalue weighted by Gasteiger charge is -2.33. The van der Waals surface area contributed by atoms with Crippen LogP contribution in [0, 0.1) is 5.92 Å². The Labute approximate surface area is 204 Å². The van der Waals surface area contributed by atoms with Gasteiger partial charge in [-0.3, -0.25) is 18.7 Å². The molecule has 3 aromatic rings. The number of nitrogens with one attached hydrogen (secondary N) is 1. The van der Waals surface area contributed by atoms with Crippen LogP contribution in [0.2, 0.25) is 0 Å². The van der Waals surface area contributed by atoms with E-state index in [1.165, 1.54) is 36.9 Å². The van der Waals surface area contributed by atoms with Gasteiger partial charge >= 0.3 is 5.69 Å². The molecule has 1 fully saturated rings. The molecule has 1 aliphatic rings. The average molecular weight is 499 g/mol. The van der Waals surface area contributed by atoms with Gasteiger partial charge < -0.3 is 4.90 Å². The summed E-state index contributed by atoms with van der Waals surface area (Å²) >= 11 is 0. The van der Waals surface area contributed by atoms with Crippen molar-refractivity contribution in [3.8, 4) is 0 Å². The van der Waals surface area contributed by atoms with Crippen LogP contribution >= 0.6 is 0 Å². The van der Waals surface area contributed by atoms with Crippen molar-refractivity contribution in [2.45, 2.75) is 37.1 Å². The first-order chi connectivity index (χ1) is 16.6. The molecule has 4 rings (SSSR count). The number of amides is 1. The smallest absolute Gasteiger partial charge is 0.330 e. The summed E-state index contributed by atoms with van der Waals surface area (Å²) in [6.07, 6.45) is 1.96. The Hall–Kier alpha value is -3.24. The minimum atomic E-state index is -4.15. The zero-order valence-corrected chi connectivity index (χ0v) is 20.9. The van der Waals surface area contributed by atoms with E-state index in [0.717, 1.165) is 23.0 Å². The lowest BCUT2D eigenvalue weighted by molar-refractivity contribution is -0.134. The molecule has 2 aromatic carbocycles. The fraction of sp³-hybridized carbons (Fsp3) is 0.400. The molecule has 0 aliphatic carbocycles. The zero-order chi connectivity index (χ0) is 25.3. The molecule has 1 aromatic heterocycles. The van der Waals surface area contributed by atoms with Crippen molar-refractivity contribution in [2.24, 2.45) is 20.0 Å². The number of benzene rings is 2. The summed E-state index contributed by atoms with van der Waals surface area (Å²) in [4.78, 5) is 39.9. The van der Waals surface area contributed by atoms with Crippen LogP contribution in [0.1, 0.15) is 25.3 Å². The van der Waals surface area contributed by atoms with Crippen molar-refractivity contribution < 1.29 is 13.2 Å². The quantitative estimate of drug-likeness (QED) is 0.552. The number of fused-ring (bicyclic) bond motifs is 1. The second-order valence-electron chi connectivity index (χ2n) is 9.26. The Morgan fingerprint density at radius 3 is 2.34 bits per heavy atom. The van der Waals surface area contributed by atoms with Crippen LogP contribution in [0.4, 0.5) is 0 Å². The molecule has 0 radical (unpaired) electrons. The highest BCUT2D eigenvalue weighted by molar-refractivity contribution is 7.89. The van der Waals surface area contributed by atoms with Gasteiger partial charge in [-0.05, 0) is 48.9 Å². The van der Waals surface area contributed by atoms with Crippen LogP contribution in [-0.2, 0) is 35.3 Å². The second kappa shape index (κ2) is 9.79. The Kier molecular flexibility index (Phi) is 6.95. The zero-order valence-electron chi connectivity index (χ0n) is 20.1. The van der Waals surface area contributed by atoms with E-state index in [1.807, 2.05) is 30.3 Å². The molecule has 1 atom stereocenters. The third-order valence-electron chi connectivity index (χ3n) is 6.72. The van der Waals surface area contributed by atoms with Crippen molar-refractivity contribution in [3.05, 3.63) is 74.9 Å². The normalized spacial score (nSPS) is 15.9. The number of hydrogen-bond acceptors (Lipinski definition) is 5.